The molecule has 0 fully saturated rings. The van der Waals surface area contributed by atoms with Crippen molar-refractivity contribution in [1.29, 1.82) is 0 Å². The zero-order valence-corrected chi connectivity index (χ0v) is 12.7. The Bertz CT molecular complexity index is 572. The first-order valence-electron chi connectivity index (χ1n) is 6.39. The lowest BCUT2D eigenvalue weighted by Gasteiger charge is -2.09. The first-order chi connectivity index (χ1) is 9.70. The summed E-state index contributed by atoms with van der Waals surface area (Å²) >= 11 is 7.64. The molecule has 0 saturated heterocycles. The highest BCUT2D eigenvalue weighted by atomic mass is 35.5. The largest absolute Gasteiger partial charge is 0.370 e. The Morgan fingerprint density at radius 3 is 3.05 bits per heavy atom. The van der Waals surface area contributed by atoms with Gasteiger partial charge < -0.3 is 10.6 Å². The van der Waals surface area contributed by atoms with Crippen molar-refractivity contribution in [3.05, 3.63) is 45.2 Å². The van der Waals surface area contributed by atoms with Gasteiger partial charge in [-0.1, -0.05) is 18.5 Å². The van der Waals surface area contributed by atoms with Crippen molar-refractivity contribution in [1.82, 2.24) is 10.3 Å². The molecule has 0 aromatic carbocycles. The average molecular weight is 310 g/mol. The smallest absolute Gasteiger partial charge is 0.253 e. The van der Waals surface area contributed by atoms with E-state index in [9.17, 15) is 4.79 Å². The molecule has 20 heavy (non-hydrogen) atoms. The maximum absolute atomic E-state index is 12.1. The van der Waals surface area contributed by atoms with Crippen molar-refractivity contribution >= 4 is 34.7 Å². The first-order valence-corrected chi connectivity index (χ1v) is 7.71. The van der Waals surface area contributed by atoms with Crippen molar-refractivity contribution in [3.63, 3.8) is 0 Å². The standard InChI is InChI=1S/C14H16ClN3OS/c1-2-4-16-13-6-11(12(15)8-17-13)14(19)18-7-10-3-5-20-9-10/h3,5-6,8-9H,2,4,7H2,1H3,(H,16,17)(H,18,19). The highest BCUT2D eigenvalue weighted by Crippen LogP contribution is 2.18. The molecule has 0 radical (unpaired) electrons. The summed E-state index contributed by atoms with van der Waals surface area (Å²) in [6.07, 6.45) is 2.49. The molecule has 6 heteroatoms. The zero-order chi connectivity index (χ0) is 14.4. The van der Waals surface area contributed by atoms with Gasteiger partial charge in [0.05, 0.1) is 10.6 Å². The minimum absolute atomic E-state index is 0.192. The van der Waals surface area contributed by atoms with E-state index in [-0.39, 0.29) is 5.91 Å². The molecular weight excluding hydrogens is 294 g/mol. The summed E-state index contributed by atoms with van der Waals surface area (Å²) < 4.78 is 0. The summed E-state index contributed by atoms with van der Waals surface area (Å²) in [6, 6.07) is 3.66. The number of aromatic nitrogens is 1. The topological polar surface area (TPSA) is 54.0 Å². The van der Waals surface area contributed by atoms with Crippen LogP contribution in [-0.2, 0) is 6.54 Å². The number of halogens is 1. The number of amides is 1. The van der Waals surface area contributed by atoms with E-state index in [4.69, 9.17) is 11.6 Å². The second kappa shape index (κ2) is 7.26. The number of carbonyl (C=O) groups is 1. The minimum atomic E-state index is -0.192. The van der Waals surface area contributed by atoms with Crippen LogP contribution in [0.5, 0.6) is 0 Å². The van der Waals surface area contributed by atoms with Crippen LogP contribution in [0.25, 0.3) is 0 Å². The second-order valence-electron chi connectivity index (χ2n) is 4.29. The molecule has 2 heterocycles. The third-order valence-electron chi connectivity index (χ3n) is 2.69. The van der Waals surface area contributed by atoms with Crippen LogP contribution in [0.4, 0.5) is 5.82 Å². The predicted molar refractivity (Wildman–Crippen MR) is 83.5 cm³/mol. The highest BCUT2D eigenvalue weighted by molar-refractivity contribution is 7.07. The maximum Gasteiger partial charge on any atom is 0.253 e. The third kappa shape index (κ3) is 3.95. The molecule has 0 spiro atoms. The van der Waals surface area contributed by atoms with E-state index in [1.54, 1.807) is 17.4 Å². The molecular formula is C14H16ClN3OS. The van der Waals surface area contributed by atoms with Gasteiger partial charge in [-0.05, 0) is 34.9 Å². The van der Waals surface area contributed by atoms with Gasteiger partial charge in [0.25, 0.3) is 5.91 Å². The normalized spacial score (nSPS) is 10.3. The number of pyridine rings is 1. The number of hydrogen-bond donors (Lipinski definition) is 2. The van der Waals surface area contributed by atoms with E-state index in [2.05, 4.69) is 22.5 Å². The Kier molecular flexibility index (Phi) is 5.38. The number of rotatable bonds is 6. The lowest BCUT2D eigenvalue weighted by Crippen LogP contribution is -2.23. The van der Waals surface area contributed by atoms with Gasteiger partial charge in [0.1, 0.15) is 5.82 Å². The van der Waals surface area contributed by atoms with Crippen molar-refractivity contribution in [3.8, 4) is 0 Å². The van der Waals surface area contributed by atoms with E-state index in [1.807, 2.05) is 16.8 Å². The van der Waals surface area contributed by atoms with Gasteiger partial charge in [0.2, 0.25) is 0 Å². The molecule has 2 aromatic heterocycles. The monoisotopic (exact) mass is 309 g/mol. The fourth-order valence-corrected chi connectivity index (χ4v) is 2.49. The average Bonchev–Trinajstić information content (AvgIpc) is 2.97. The van der Waals surface area contributed by atoms with Gasteiger partial charge in [-0.25, -0.2) is 4.98 Å². The molecule has 1 amide bonds. The summed E-state index contributed by atoms with van der Waals surface area (Å²) in [5, 5.41) is 10.3. The van der Waals surface area contributed by atoms with Gasteiger partial charge in [0, 0.05) is 19.3 Å². The highest BCUT2D eigenvalue weighted by Gasteiger charge is 2.12. The van der Waals surface area contributed by atoms with E-state index < -0.39 is 0 Å². The number of nitrogens with one attached hydrogen (secondary N) is 2. The number of hydrogen-bond acceptors (Lipinski definition) is 4. The van der Waals surface area contributed by atoms with Crippen molar-refractivity contribution in [2.24, 2.45) is 0 Å². The molecule has 4 nitrogen and oxygen atoms in total. The Morgan fingerprint density at radius 2 is 2.35 bits per heavy atom. The molecule has 0 aliphatic carbocycles. The molecule has 2 rings (SSSR count). The summed E-state index contributed by atoms with van der Waals surface area (Å²) in [5.74, 6) is 0.472. The quantitative estimate of drug-likeness (QED) is 0.858. The van der Waals surface area contributed by atoms with Gasteiger partial charge in [0.15, 0.2) is 0 Å². The van der Waals surface area contributed by atoms with Crippen LogP contribution in [0.3, 0.4) is 0 Å². The van der Waals surface area contributed by atoms with Crippen LogP contribution in [0.2, 0.25) is 5.02 Å². The lowest BCUT2D eigenvalue weighted by atomic mass is 10.2. The van der Waals surface area contributed by atoms with E-state index in [0.29, 0.717) is 22.9 Å². The van der Waals surface area contributed by atoms with E-state index in [1.165, 1.54) is 6.20 Å². The van der Waals surface area contributed by atoms with Crippen molar-refractivity contribution < 1.29 is 4.79 Å². The summed E-state index contributed by atoms with van der Waals surface area (Å²) in [6.45, 7) is 3.38. The number of anilines is 1. The first kappa shape index (κ1) is 14.8. The molecule has 2 N–H and O–H groups in total. The van der Waals surface area contributed by atoms with Crippen LogP contribution in [0, 0.1) is 0 Å². The molecule has 0 bridgehead atoms. The zero-order valence-electron chi connectivity index (χ0n) is 11.1. The van der Waals surface area contributed by atoms with E-state index in [0.717, 1.165) is 18.5 Å². The SMILES string of the molecule is CCCNc1cc(C(=O)NCc2ccsc2)c(Cl)cn1. The molecule has 106 valence electrons. The Hall–Kier alpha value is -1.59. The van der Waals surface area contributed by atoms with Crippen LogP contribution < -0.4 is 10.6 Å². The molecule has 0 aliphatic heterocycles. The van der Waals surface area contributed by atoms with Crippen molar-refractivity contribution in [2.75, 3.05) is 11.9 Å². The molecule has 0 aliphatic rings. The van der Waals surface area contributed by atoms with Crippen molar-refractivity contribution in [2.45, 2.75) is 19.9 Å². The van der Waals surface area contributed by atoms with Gasteiger partial charge in [-0.3, -0.25) is 4.79 Å². The number of carbonyl (C=O) groups excluding carboxylic acids is 1. The summed E-state index contributed by atoms with van der Waals surface area (Å²) in [5.41, 5.74) is 1.52. The molecule has 0 atom stereocenters. The van der Waals surface area contributed by atoms with E-state index >= 15 is 0 Å². The third-order valence-corrected chi connectivity index (χ3v) is 3.72. The number of nitrogens with zero attached hydrogens (tertiary/aromatic N) is 1. The van der Waals surface area contributed by atoms with Crippen LogP contribution in [0.1, 0.15) is 29.3 Å². The molecule has 0 unspecified atom stereocenters. The second-order valence-corrected chi connectivity index (χ2v) is 5.48. The molecule has 0 saturated carbocycles. The molecule has 2 aromatic rings. The Balaban J connectivity index is 2.04. The predicted octanol–water partition coefficient (Wildman–Crippen LogP) is 3.55. The fraction of sp³-hybridized carbons (Fsp3) is 0.286. The van der Waals surface area contributed by atoms with Gasteiger partial charge in [-0.15, -0.1) is 0 Å². The van der Waals surface area contributed by atoms with Gasteiger partial charge >= 0.3 is 0 Å². The lowest BCUT2D eigenvalue weighted by molar-refractivity contribution is 0.0951. The minimum Gasteiger partial charge on any atom is -0.370 e. The van der Waals surface area contributed by atoms with Gasteiger partial charge in [-0.2, -0.15) is 11.3 Å². The fourth-order valence-electron chi connectivity index (χ4n) is 1.63. The Labute approximate surface area is 127 Å². The van der Waals surface area contributed by atoms with Crippen LogP contribution >= 0.6 is 22.9 Å². The Morgan fingerprint density at radius 1 is 1.50 bits per heavy atom. The maximum atomic E-state index is 12.1. The summed E-state index contributed by atoms with van der Waals surface area (Å²) in [7, 11) is 0. The number of thiophene rings is 1. The van der Waals surface area contributed by atoms with Crippen LogP contribution in [0.15, 0.2) is 29.1 Å². The summed E-state index contributed by atoms with van der Waals surface area (Å²) in [4.78, 5) is 16.3. The van der Waals surface area contributed by atoms with Crippen LogP contribution in [-0.4, -0.2) is 17.4 Å².